The number of imidazole rings is 1. The van der Waals surface area contributed by atoms with Crippen LogP contribution >= 0.6 is 0 Å². The van der Waals surface area contributed by atoms with Crippen molar-refractivity contribution >= 4 is 0 Å². The number of nitrogens with zero attached hydrogens (tertiary/aromatic N) is 2. The summed E-state index contributed by atoms with van der Waals surface area (Å²) < 4.78 is 2.47. The van der Waals surface area contributed by atoms with Gasteiger partial charge in [0.15, 0.2) is 0 Å². The lowest BCUT2D eigenvalue weighted by Gasteiger charge is -2.27. The molecule has 1 aliphatic carbocycles. The van der Waals surface area contributed by atoms with Crippen LogP contribution in [0.5, 0.6) is 0 Å². The van der Waals surface area contributed by atoms with Gasteiger partial charge < -0.3 is 9.88 Å². The van der Waals surface area contributed by atoms with E-state index in [1.165, 1.54) is 31.4 Å². The van der Waals surface area contributed by atoms with E-state index >= 15 is 0 Å². The van der Waals surface area contributed by atoms with Crippen LogP contribution in [0, 0.1) is 5.92 Å². The minimum absolute atomic E-state index is 0.294. The first-order chi connectivity index (χ1) is 8.19. The summed E-state index contributed by atoms with van der Waals surface area (Å²) in [7, 11) is 0. The van der Waals surface area contributed by atoms with Crippen LogP contribution in [0.3, 0.4) is 0 Å². The van der Waals surface area contributed by atoms with Gasteiger partial charge in [-0.3, -0.25) is 0 Å². The predicted molar refractivity (Wildman–Crippen MR) is 69.1 cm³/mol. The number of rotatable bonds is 2. The molecule has 2 fully saturated rings. The molecule has 94 valence electrons. The number of aromatic nitrogens is 2. The Labute approximate surface area is 104 Å². The molecule has 0 aromatic carbocycles. The molecule has 1 saturated carbocycles. The molecule has 0 amide bonds. The fourth-order valence-electron chi connectivity index (χ4n) is 3.53. The molecule has 0 bridgehead atoms. The molecule has 0 spiro atoms. The molecule has 3 unspecified atom stereocenters. The molecule has 1 aromatic heterocycles. The maximum Gasteiger partial charge on any atom is 0.0950 e. The van der Waals surface area contributed by atoms with Crippen LogP contribution in [0.15, 0.2) is 12.5 Å². The molecule has 1 saturated heterocycles. The van der Waals surface area contributed by atoms with E-state index in [9.17, 15) is 0 Å². The van der Waals surface area contributed by atoms with Crippen LogP contribution in [-0.2, 0) is 5.41 Å². The zero-order valence-electron chi connectivity index (χ0n) is 10.9. The highest BCUT2D eigenvalue weighted by atomic mass is 15.1. The van der Waals surface area contributed by atoms with Gasteiger partial charge in [0.05, 0.1) is 6.33 Å². The Morgan fingerprint density at radius 2 is 2.35 bits per heavy atom. The van der Waals surface area contributed by atoms with Crippen LogP contribution in [-0.4, -0.2) is 22.6 Å². The number of hydrogen-bond donors (Lipinski definition) is 1. The second-order valence-corrected chi connectivity index (χ2v) is 6.25. The van der Waals surface area contributed by atoms with E-state index in [1.807, 2.05) is 0 Å². The average molecular weight is 233 g/mol. The average Bonchev–Trinajstić information content (AvgIpc) is 2.96. The molecule has 1 aromatic rings. The van der Waals surface area contributed by atoms with Gasteiger partial charge in [-0.25, -0.2) is 4.98 Å². The van der Waals surface area contributed by atoms with E-state index in [0.717, 1.165) is 19.0 Å². The largest absolute Gasteiger partial charge is 0.331 e. The number of nitrogens with one attached hydrogen (secondary N) is 1. The third kappa shape index (κ3) is 1.90. The first-order valence-electron chi connectivity index (χ1n) is 6.92. The van der Waals surface area contributed by atoms with Crippen LogP contribution in [0.25, 0.3) is 0 Å². The van der Waals surface area contributed by atoms with Gasteiger partial charge in [0, 0.05) is 29.9 Å². The first kappa shape index (κ1) is 11.3. The topological polar surface area (TPSA) is 29.9 Å². The summed E-state index contributed by atoms with van der Waals surface area (Å²) in [6.45, 7) is 6.98. The van der Waals surface area contributed by atoms with Crippen molar-refractivity contribution in [3.63, 3.8) is 0 Å². The van der Waals surface area contributed by atoms with Gasteiger partial charge in [-0.2, -0.15) is 0 Å². The van der Waals surface area contributed by atoms with Gasteiger partial charge >= 0.3 is 0 Å². The SMILES string of the molecule is CC1CCC(n2cncc2C2(C)CCNC2)C1. The monoisotopic (exact) mass is 233 g/mol. The van der Waals surface area contributed by atoms with Gasteiger partial charge in [0.25, 0.3) is 0 Å². The van der Waals surface area contributed by atoms with E-state index < -0.39 is 0 Å². The third-order valence-corrected chi connectivity index (χ3v) is 4.71. The van der Waals surface area contributed by atoms with E-state index in [-0.39, 0.29) is 0 Å². The van der Waals surface area contributed by atoms with Gasteiger partial charge in [-0.05, 0) is 38.1 Å². The van der Waals surface area contributed by atoms with Gasteiger partial charge in [-0.1, -0.05) is 13.8 Å². The first-order valence-corrected chi connectivity index (χ1v) is 6.92. The molecule has 3 atom stereocenters. The Hall–Kier alpha value is -0.830. The van der Waals surface area contributed by atoms with Gasteiger partial charge in [0.1, 0.15) is 0 Å². The van der Waals surface area contributed by atoms with Crippen LogP contribution in [0.1, 0.15) is 51.3 Å². The van der Waals surface area contributed by atoms with Crippen molar-refractivity contribution in [1.29, 1.82) is 0 Å². The zero-order valence-corrected chi connectivity index (χ0v) is 10.9. The fraction of sp³-hybridized carbons (Fsp3) is 0.786. The Morgan fingerprint density at radius 1 is 1.47 bits per heavy atom. The molecular formula is C14H23N3. The predicted octanol–water partition coefficient (Wildman–Crippen LogP) is 2.50. The fourth-order valence-corrected chi connectivity index (χ4v) is 3.53. The normalized spacial score (nSPS) is 37.8. The van der Waals surface area contributed by atoms with E-state index in [1.54, 1.807) is 0 Å². The molecule has 1 aliphatic heterocycles. The minimum atomic E-state index is 0.294. The molecule has 3 rings (SSSR count). The third-order valence-electron chi connectivity index (χ3n) is 4.71. The van der Waals surface area contributed by atoms with Crippen molar-refractivity contribution < 1.29 is 0 Å². The summed E-state index contributed by atoms with van der Waals surface area (Å²) in [4.78, 5) is 4.42. The summed E-state index contributed by atoms with van der Waals surface area (Å²) in [5.41, 5.74) is 1.74. The molecular weight excluding hydrogens is 210 g/mol. The molecule has 2 aliphatic rings. The lowest BCUT2D eigenvalue weighted by molar-refractivity contribution is 0.418. The van der Waals surface area contributed by atoms with Crippen molar-refractivity contribution in [2.24, 2.45) is 5.92 Å². The van der Waals surface area contributed by atoms with Crippen molar-refractivity contribution in [2.45, 2.75) is 51.0 Å². The molecule has 2 heterocycles. The molecule has 3 heteroatoms. The summed E-state index contributed by atoms with van der Waals surface area (Å²) >= 11 is 0. The maximum atomic E-state index is 4.42. The smallest absolute Gasteiger partial charge is 0.0950 e. The number of hydrogen-bond acceptors (Lipinski definition) is 2. The lowest BCUT2D eigenvalue weighted by Crippen LogP contribution is -2.28. The lowest BCUT2D eigenvalue weighted by atomic mass is 9.86. The van der Waals surface area contributed by atoms with E-state index in [0.29, 0.717) is 11.5 Å². The van der Waals surface area contributed by atoms with Crippen LogP contribution < -0.4 is 5.32 Å². The van der Waals surface area contributed by atoms with Crippen molar-refractivity contribution in [3.8, 4) is 0 Å². The maximum absolute atomic E-state index is 4.42. The van der Waals surface area contributed by atoms with E-state index in [2.05, 4.69) is 41.2 Å². The summed E-state index contributed by atoms with van der Waals surface area (Å²) in [5, 5.41) is 3.49. The molecule has 3 nitrogen and oxygen atoms in total. The summed E-state index contributed by atoms with van der Waals surface area (Å²) in [5.74, 6) is 0.879. The highest BCUT2D eigenvalue weighted by Gasteiger charge is 2.35. The van der Waals surface area contributed by atoms with Crippen molar-refractivity contribution in [1.82, 2.24) is 14.9 Å². The zero-order chi connectivity index (χ0) is 11.9. The Bertz CT molecular complexity index is 390. The van der Waals surface area contributed by atoms with Crippen LogP contribution in [0.4, 0.5) is 0 Å². The summed E-state index contributed by atoms with van der Waals surface area (Å²) in [6.07, 6.45) is 9.41. The van der Waals surface area contributed by atoms with Crippen LogP contribution in [0.2, 0.25) is 0 Å². The highest BCUT2D eigenvalue weighted by molar-refractivity contribution is 5.18. The quantitative estimate of drug-likeness (QED) is 0.850. The standard InChI is InChI=1S/C14H23N3/c1-11-3-4-12(7-11)17-10-16-8-13(17)14(2)5-6-15-9-14/h8,10-12,15H,3-7,9H2,1-2H3. The second kappa shape index (κ2) is 4.13. The van der Waals surface area contributed by atoms with Gasteiger partial charge in [0.2, 0.25) is 0 Å². The van der Waals surface area contributed by atoms with E-state index in [4.69, 9.17) is 0 Å². The Balaban J connectivity index is 1.89. The Kier molecular flexibility index (Phi) is 2.74. The molecule has 0 radical (unpaired) electrons. The van der Waals surface area contributed by atoms with Crippen molar-refractivity contribution in [2.75, 3.05) is 13.1 Å². The molecule has 1 N–H and O–H groups in total. The van der Waals surface area contributed by atoms with Crippen molar-refractivity contribution in [3.05, 3.63) is 18.2 Å². The van der Waals surface area contributed by atoms with Gasteiger partial charge in [-0.15, -0.1) is 0 Å². The highest BCUT2D eigenvalue weighted by Crippen LogP contribution is 2.38. The Morgan fingerprint density at radius 3 is 3.00 bits per heavy atom. The molecule has 17 heavy (non-hydrogen) atoms. The summed E-state index contributed by atoms with van der Waals surface area (Å²) in [6, 6.07) is 0.694. The minimum Gasteiger partial charge on any atom is -0.331 e. The second-order valence-electron chi connectivity index (χ2n) is 6.25.